The third kappa shape index (κ3) is 4.87. The van der Waals surface area contributed by atoms with E-state index in [1.807, 2.05) is 7.05 Å². The van der Waals surface area contributed by atoms with Crippen molar-refractivity contribution in [1.82, 2.24) is 10.2 Å². The molecule has 0 aliphatic heterocycles. The first-order valence-electron chi connectivity index (χ1n) is 8.83. The Hall–Kier alpha value is -2.38. The van der Waals surface area contributed by atoms with Crippen LogP contribution in [-0.2, 0) is 17.8 Å². The van der Waals surface area contributed by atoms with E-state index in [1.54, 1.807) is 14.0 Å². The SMILES string of the molecule is CCOC(=O)c1c(N)sc(C(=O)NC)c1CN(C)Cc1ccc(C)cc1C. The number of ether oxygens (including phenoxy) is 1. The molecule has 146 valence electrons. The van der Waals surface area contributed by atoms with Crippen molar-refractivity contribution in [2.24, 2.45) is 0 Å². The second-order valence-corrected chi connectivity index (χ2v) is 7.60. The number of hydrogen-bond acceptors (Lipinski definition) is 6. The molecule has 3 N–H and O–H groups in total. The van der Waals surface area contributed by atoms with Crippen LogP contribution in [0, 0.1) is 13.8 Å². The average Bonchev–Trinajstić information content (AvgIpc) is 2.93. The minimum atomic E-state index is -0.490. The number of nitrogens with zero attached hydrogens (tertiary/aromatic N) is 1. The van der Waals surface area contributed by atoms with Crippen molar-refractivity contribution >= 4 is 28.2 Å². The normalized spacial score (nSPS) is 10.9. The lowest BCUT2D eigenvalue weighted by Gasteiger charge is -2.19. The molecule has 0 fully saturated rings. The minimum Gasteiger partial charge on any atom is -0.462 e. The van der Waals surface area contributed by atoms with E-state index in [0.29, 0.717) is 34.1 Å². The van der Waals surface area contributed by atoms with Crippen molar-refractivity contribution in [3.63, 3.8) is 0 Å². The Morgan fingerprint density at radius 3 is 2.56 bits per heavy atom. The number of nitrogens with two attached hydrogens (primary N) is 1. The summed E-state index contributed by atoms with van der Waals surface area (Å²) in [7, 11) is 3.52. The summed E-state index contributed by atoms with van der Waals surface area (Å²) in [5, 5.41) is 2.92. The van der Waals surface area contributed by atoms with Gasteiger partial charge in [-0.3, -0.25) is 9.69 Å². The van der Waals surface area contributed by atoms with Gasteiger partial charge in [0.1, 0.15) is 5.00 Å². The van der Waals surface area contributed by atoms with E-state index in [0.717, 1.165) is 11.3 Å². The van der Waals surface area contributed by atoms with Crippen LogP contribution in [-0.4, -0.2) is 37.5 Å². The Morgan fingerprint density at radius 1 is 1.26 bits per heavy atom. The highest BCUT2D eigenvalue weighted by Gasteiger charge is 2.27. The van der Waals surface area contributed by atoms with E-state index in [1.165, 1.54) is 16.7 Å². The fourth-order valence-corrected chi connectivity index (χ4v) is 4.01. The number of anilines is 1. The summed E-state index contributed by atoms with van der Waals surface area (Å²) in [5.74, 6) is -0.742. The van der Waals surface area contributed by atoms with Gasteiger partial charge in [-0.1, -0.05) is 23.8 Å². The fourth-order valence-electron chi connectivity index (χ4n) is 3.00. The van der Waals surface area contributed by atoms with Crippen LogP contribution in [0.15, 0.2) is 18.2 Å². The molecule has 0 radical (unpaired) electrons. The number of carbonyl (C=O) groups is 2. The zero-order chi connectivity index (χ0) is 20.1. The molecule has 0 bridgehead atoms. The predicted molar refractivity (Wildman–Crippen MR) is 109 cm³/mol. The number of carbonyl (C=O) groups excluding carboxylic acids is 2. The third-order valence-electron chi connectivity index (χ3n) is 4.31. The molecule has 27 heavy (non-hydrogen) atoms. The number of amides is 1. The first-order valence-corrected chi connectivity index (χ1v) is 9.65. The number of thiophene rings is 1. The summed E-state index contributed by atoms with van der Waals surface area (Å²) < 4.78 is 5.15. The van der Waals surface area contributed by atoms with Gasteiger partial charge in [0.2, 0.25) is 0 Å². The number of rotatable bonds is 7. The smallest absolute Gasteiger partial charge is 0.341 e. The van der Waals surface area contributed by atoms with Gasteiger partial charge in [-0.05, 0) is 38.9 Å². The van der Waals surface area contributed by atoms with Crippen molar-refractivity contribution < 1.29 is 14.3 Å². The molecule has 0 atom stereocenters. The lowest BCUT2D eigenvalue weighted by molar-refractivity contribution is 0.0526. The van der Waals surface area contributed by atoms with Crippen molar-refractivity contribution in [2.45, 2.75) is 33.9 Å². The van der Waals surface area contributed by atoms with Crippen molar-refractivity contribution in [3.8, 4) is 0 Å². The quantitative estimate of drug-likeness (QED) is 0.711. The molecule has 2 rings (SSSR count). The van der Waals surface area contributed by atoms with Crippen LogP contribution >= 0.6 is 11.3 Å². The average molecular weight is 390 g/mol. The minimum absolute atomic E-state index is 0.251. The molecule has 6 nitrogen and oxygen atoms in total. The Labute approximate surface area is 164 Å². The van der Waals surface area contributed by atoms with E-state index in [4.69, 9.17) is 10.5 Å². The Morgan fingerprint density at radius 2 is 1.96 bits per heavy atom. The molecular formula is C20H27N3O3S. The molecule has 0 unspecified atom stereocenters. The Balaban J connectivity index is 2.34. The first-order chi connectivity index (χ1) is 12.8. The summed E-state index contributed by atoms with van der Waals surface area (Å²) in [6.45, 7) is 7.25. The monoisotopic (exact) mass is 389 g/mol. The molecule has 2 aromatic rings. The summed E-state index contributed by atoms with van der Waals surface area (Å²) in [4.78, 5) is 27.2. The largest absolute Gasteiger partial charge is 0.462 e. The molecule has 1 aromatic heterocycles. The van der Waals surface area contributed by atoms with E-state index in [2.05, 4.69) is 42.3 Å². The summed E-state index contributed by atoms with van der Waals surface area (Å²) in [5.41, 5.74) is 10.6. The molecule has 0 spiro atoms. The van der Waals surface area contributed by atoms with Crippen molar-refractivity contribution in [3.05, 3.63) is 50.9 Å². The molecule has 1 amide bonds. The lowest BCUT2D eigenvalue weighted by atomic mass is 10.0. The maximum absolute atomic E-state index is 12.4. The standard InChI is InChI=1S/C20H27N3O3S/c1-6-26-20(25)16-15(17(19(24)22-4)27-18(16)21)11-23(5)10-14-8-7-12(2)9-13(14)3/h7-9H,6,10-11,21H2,1-5H3,(H,22,24). The second kappa shape index (κ2) is 9.01. The molecule has 1 heterocycles. The van der Waals surface area contributed by atoms with Gasteiger partial charge in [-0.25, -0.2) is 4.79 Å². The van der Waals surface area contributed by atoms with Crippen LogP contribution in [0.5, 0.6) is 0 Å². The van der Waals surface area contributed by atoms with E-state index < -0.39 is 5.97 Å². The van der Waals surface area contributed by atoms with Gasteiger partial charge in [0, 0.05) is 25.7 Å². The van der Waals surface area contributed by atoms with Crippen LogP contribution in [0.3, 0.4) is 0 Å². The topological polar surface area (TPSA) is 84.7 Å². The number of esters is 1. The summed E-state index contributed by atoms with van der Waals surface area (Å²) >= 11 is 1.12. The second-order valence-electron chi connectivity index (χ2n) is 6.55. The Kier molecular flexibility index (Phi) is 6.98. The van der Waals surface area contributed by atoms with Gasteiger partial charge in [0.15, 0.2) is 0 Å². The molecule has 0 aliphatic rings. The van der Waals surface area contributed by atoms with Gasteiger partial charge >= 0.3 is 5.97 Å². The molecule has 7 heteroatoms. The van der Waals surface area contributed by atoms with Gasteiger partial charge in [-0.2, -0.15) is 0 Å². The lowest BCUT2D eigenvalue weighted by Crippen LogP contribution is -2.24. The highest BCUT2D eigenvalue weighted by molar-refractivity contribution is 7.18. The van der Waals surface area contributed by atoms with Crippen molar-refractivity contribution in [2.75, 3.05) is 26.4 Å². The molecule has 0 saturated carbocycles. The molecular weight excluding hydrogens is 362 g/mol. The molecule has 0 aliphatic carbocycles. The van der Waals surface area contributed by atoms with Gasteiger partial charge in [0.05, 0.1) is 17.0 Å². The molecule has 1 aromatic carbocycles. The first kappa shape index (κ1) is 20.9. The maximum Gasteiger partial charge on any atom is 0.341 e. The highest BCUT2D eigenvalue weighted by atomic mass is 32.1. The van der Waals surface area contributed by atoms with E-state index in [9.17, 15) is 9.59 Å². The number of nitrogen functional groups attached to an aromatic ring is 1. The summed E-state index contributed by atoms with van der Waals surface area (Å²) in [6.07, 6.45) is 0. The van der Waals surface area contributed by atoms with Crippen LogP contribution in [0.1, 0.15) is 49.2 Å². The van der Waals surface area contributed by atoms with Gasteiger partial charge < -0.3 is 15.8 Å². The maximum atomic E-state index is 12.4. The zero-order valence-corrected chi connectivity index (χ0v) is 17.3. The number of aryl methyl sites for hydroxylation is 2. The number of nitrogens with one attached hydrogen (secondary N) is 1. The van der Waals surface area contributed by atoms with Gasteiger partial charge in [-0.15, -0.1) is 11.3 Å². The van der Waals surface area contributed by atoms with Crippen molar-refractivity contribution in [1.29, 1.82) is 0 Å². The van der Waals surface area contributed by atoms with Gasteiger partial charge in [0.25, 0.3) is 5.91 Å². The number of hydrogen-bond donors (Lipinski definition) is 2. The van der Waals surface area contributed by atoms with Crippen LogP contribution in [0.4, 0.5) is 5.00 Å². The fraction of sp³-hybridized carbons (Fsp3) is 0.400. The van der Waals surface area contributed by atoms with Crippen LogP contribution in [0.25, 0.3) is 0 Å². The predicted octanol–water partition coefficient (Wildman–Crippen LogP) is 3.12. The summed E-state index contributed by atoms with van der Waals surface area (Å²) in [6, 6.07) is 6.33. The van der Waals surface area contributed by atoms with E-state index >= 15 is 0 Å². The molecule has 0 saturated heterocycles. The Bertz CT molecular complexity index is 845. The highest BCUT2D eigenvalue weighted by Crippen LogP contribution is 2.33. The van der Waals surface area contributed by atoms with Crippen LogP contribution in [0.2, 0.25) is 0 Å². The third-order valence-corrected chi connectivity index (χ3v) is 5.37. The van der Waals surface area contributed by atoms with E-state index in [-0.39, 0.29) is 12.5 Å². The van der Waals surface area contributed by atoms with Crippen LogP contribution < -0.4 is 11.1 Å². The zero-order valence-electron chi connectivity index (χ0n) is 16.5. The number of benzene rings is 1.